The highest BCUT2D eigenvalue weighted by Crippen LogP contribution is 2.42. The number of nitrogens with one attached hydrogen (secondary N) is 1. The fourth-order valence-corrected chi connectivity index (χ4v) is 3.90. The molecule has 0 atom stereocenters. The molecule has 1 saturated heterocycles. The Morgan fingerprint density at radius 2 is 1.96 bits per heavy atom. The van der Waals surface area contributed by atoms with Crippen molar-refractivity contribution < 1.29 is 14.0 Å². The summed E-state index contributed by atoms with van der Waals surface area (Å²) in [6, 6.07) is 11.0. The van der Waals surface area contributed by atoms with Crippen LogP contribution in [0, 0.1) is 5.82 Å². The number of thioether (sulfide) groups is 1. The van der Waals surface area contributed by atoms with Crippen molar-refractivity contribution in [3.05, 3.63) is 63.8 Å². The molecule has 0 aliphatic carbocycles. The third-order valence-electron chi connectivity index (χ3n) is 4.03. The van der Waals surface area contributed by atoms with Gasteiger partial charge in [0.2, 0.25) is 0 Å². The number of amides is 2. The first-order valence-electron chi connectivity index (χ1n) is 7.60. The Morgan fingerprint density at radius 1 is 1.19 bits per heavy atom. The number of amidine groups is 1. The van der Waals surface area contributed by atoms with Gasteiger partial charge in [0.1, 0.15) is 5.82 Å². The molecule has 2 heterocycles. The van der Waals surface area contributed by atoms with Gasteiger partial charge in [-0.1, -0.05) is 23.7 Å². The van der Waals surface area contributed by atoms with Gasteiger partial charge >= 0.3 is 0 Å². The molecule has 2 aromatic rings. The standard InChI is InChI=1S/C18H11ClFN3O2S/c1-23-13-7-6-9(20)8-10(13)14(17(23)25)15-16(24)22-18(26-15)21-12-5-3-2-4-11(12)19/h2-8H,1H3,(H,21,22,24)/b15-14-. The molecule has 2 aliphatic rings. The minimum absolute atomic E-state index is 0.175. The summed E-state index contributed by atoms with van der Waals surface area (Å²) < 4.78 is 13.7. The lowest BCUT2D eigenvalue weighted by Crippen LogP contribution is -2.23. The van der Waals surface area contributed by atoms with E-state index in [1.54, 1.807) is 31.3 Å². The average Bonchev–Trinajstić information content (AvgIpc) is 3.07. The lowest BCUT2D eigenvalue weighted by Gasteiger charge is -2.08. The number of carbonyl (C=O) groups is 2. The Balaban J connectivity index is 1.79. The van der Waals surface area contributed by atoms with Crippen LogP contribution < -0.4 is 10.2 Å². The van der Waals surface area contributed by atoms with E-state index >= 15 is 0 Å². The number of likely N-dealkylation sites (N-methyl/N-ethyl adjacent to an activating group) is 1. The maximum absolute atomic E-state index is 13.7. The van der Waals surface area contributed by atoms with E-state index in [0.717, 1.165) is 11.8 Å². The van der Waals surface area contributed by atoms with Crippen molar-refractivity contribution in [2.75, 3.05) is 11.9 Å². The zero-order chi connectivity index (χ0) is 18.4. The highest BCUT2D eigenvalue weighted by Gasteiger charge is 2.38. The van der Waals surface area contributed by atoms with E-state index in [4.69, 9.17) is 11.6 Å². The van der Waals surface area contributed by atoms with Gasteiger partial charge in [-0.3, -0.25) is 9.59 Å². The zero-order valence-electron chi connectivity index (χ0n) is 13.4. The van der Waals surface area contributed by atoms with Crippen LogP contribution in [0.4, 0.5) is 15.8 Å². The molecule has 2 aliphatic heterocycles. The number of carbonyl (C=O) groups excluding carboxylic acids is 2. The highest BCUT2D eigenvalue weighted by molar-refractivity contribution is 8.18. The van der Waals surface area contributed by atoms with E-state index < -0.39 is 11.7 Å². The van der Waals surface area contributed by atoms with Crippen molar-refractivity contribution >= 4 is 57.3 Å². The summed E-state index contributed by atoms with van der Waals surface area (Å²) in [6.45, 7) is 0. The predicted molar refractivity (Wildman–Crippen MR) is 101 cm³/mol. The lowest BCUT2D eigenvalue weighted by molar-refractivity contribution is -0.116. The van der Waals surface area contributed by atoms with Crippen LogP contribution in [-0.2, 0) is 9.59 Å². The Labute approximate surface area is 157 Å². The molecule has 2 aromatic carbocycles. The molecule has 0 saturated carbocycles. The number of fused-ring (bicyclic) bond motifs is 1. The average molecular weight is 388 g/mol. The molecule has 0 radical (unpaired) electrons. The lowest BCUT2D eigenvalue weighted by atomic mass is 10.1. The molecule has 1 N–H and O–H groups in total. The summed E-state index contributed by atoms with van der Waals surface area (Å²) in [4.78, 5) is 31.0. The van der Waals surface area contributed by atoms with Gasteiger partial charge in [-0.05, 0) is 42.1 Å². The van der Waals surface area contributed by atoms with Gasteiger partial charge in [0.25, 0.3) is 11.8 Å². The van der Waals surface area contributed by atoms with Gasteiger partial charge < -0.3 is 10.2 Å². The second kappa shape index (κ2) is 6.26. The minimum Gasteiger partial charge on any atom is -0.311 e. The van der Waals surface area contributed by atoms with E-state index in [0.29, 0.717) is 27.1 Å². The molecule has 0 spiro atoms. The molecule has 26 heavy (non-hydrogen) atoms. The van der Waals surface area contributed by atoms with Crippen molar-refractivity contribution in [1.29, 1.82) is 0 Å². The molecular weight excluding hydrogens is 377 g/mol. The van der Waals surface area contributed by atoms with E-state index in [9.17, 15) is 14.0 Å². The normalized spacial score (nSPS) is 20.7. The molecule has 0 bridgehead atoms. The number of halogens is 2. The number of rotatable bonds is 1. The summed E-state index contributed by atoms with van der Waals surface area (Å²) in [6.07, 6.45) is 0. The topological polar surface area (TPSA) is 61.8 Å². The summed E-state index contributed by atoms with van der Waals surface area (Å²) in [7, 11) is 1.59. The van der Waals surface area contributed by atoms with Crippen LogP contribution in [0.5, 0.6) is 0 Å². The highest BCUT2D eigenvalue weighted by atomic mass is 35.5. The Kier molecular flexibility index (Phi) is 4.05. The van der Waals surface area contributed by atoms with Crippen LogP contribution in [0.1, 0.15) is 5.56 Å². The number of anilines is 1. The van der Waals surface area contributed by atoms with Crippen molar-refractivity contribution in [1.82, 2.24) is 5.32 Å². The third-order valence-corrected chi connectivity index (χ3v) is 5.33. The van der Waals surface area contributed by atoms with Crippen LogP contribution in [0.25, 0.3) is 5.57 Å². The van der Waals surface area contributed by atoms with Crippen molar-refractivity contribution in [3.8, 4) is 0 Å². The zero-order valence-corrected chi connectivity index (χ0v) is 15.0. The predicted octanol–water partition coefficient (Wildman–Crippen LogP) is 3.72. The monoisotopic (exact) mass is 387 g/mol. The van der Waals surface area contributed by atoms with Gasteiger partial charge in [-0.15, -0.1) is 0 Å². The van der Waals surface area contributed by atoms with Crippen LogP contribution in [0.2, 0.25) is 5.02 Å². The van der Waals surface area contributed by atoms with Gasteiger partial charge in [0.15, 0.2) is 5.17 Å². The Bertz CT molecular complexity index is 1030. The van der Waals surface area contributed by atoms with Crippen molar-refractivity contribution in [2.24, 2.45) is 4.99 Å². The second-order valence-corrected chi connectivity index (χ2v) is 7.06. The number of para-hydroxylation sites is 1. The van der Waals surface area contributed by atoms with Crippen molar-refractivity contribution in [3.63, 3.8) is 0 Å². The molecular formula is C18H11ClFN3O2S. The van der Waals surface area contributed by atoms with E-state index in [1.165, 1.54) is 23.1 Å². The fraction of sp³-hybridized carbons (Fsp3) is 0.0556. The first-order valence-corrected chi connectivity index (χ1v) is 8.80. The van der Waals surface area contributed by atoms with E-state index in [-0.39, 0.29) is 16.4 Å². The number of nitrogens with zero attached hydrogens (tertiary/aromatic N) is 2. The Morgan fingerprint density at radius 3 is 2.73 bits per heavy atom. The molecule has 8 heteroatoms. The molecule has 1 fully saturated rings. The van der Waals surface area contributed by atoms with Gasteiger partial charge in [0, 0.05) is 12.6 Å². The number of hydrogen-bond donors (Lipinski definition) is 1. The number of hydrogen-bond acceptors (Lipinski definition) is 4. The molecule has 0 aromatic heterocycles. The molecule has 4 rings (SSSR count). The van der Waals surface area contributed by atoms with Crippen molar-refractivity contribution in [2.45, 2.75) is 0 Å². The quantitative estimate of drug-likeness (QED) is 0.759. The number of aliphatic imine (C=N–C) groups is 1. The Hall–Kier alpha value is -2.64. The summed E-state index contributed by atoms with van der Waals surface area (Å²) >= 11 is 7.12. The second-order valence-electron chi connectivity index (χ2n) is 5.65. The summed E-state index contributed by atoms with van der Waals surface area (Å²) in [5.74, 6) is -1.28. The van der Waals surface area contributed by atoms with Crippen LogP contribution in [-0.4, -0.2) is 24.0 Å². The van der Waals surface area contributed by atoms with Crippen LogP contribution in [0.3, 0.4) is 0 Å². The number of benzene rings is 2. The maximum Gasteiger partial charge on any atom is 0.264 e. The van der Waals surface area contributed by atoms with Gasteiger partial charge in [-0.2, -0.15) is 0 Å². The van der Waals surface area contributed by atoms with E-state index in [1.807, 2.05) is 0 Å². The molecule has 2 amide bonds. The van der Waals surface area contributed by atoms with Crippen LogP contribution >= 0.6 is 23.4 Å². The van der Waals surface area contributed by atoms with Gasteiger partial charge in [-0.25, -0.2) is 9.38 Å². The smallest absolute Gasteiger partial charge is 0.264 e. The summed E-state index contributed by atoms with van der Waals surface area (Å²) in [5, 5.41) is 3.39. The van der Waals surface area contributed by atoms with Crippen LogP contribution in [0.15, 0.2) is 52.4 Å². The summed E-state index contributed by atoms with van der Waals surface area (Å²) in [5.41, 5.74) is 1.64. The SMILES string of the molecule is CN1C(=O)/C(=C2\SC(=Nc3ccccc3Cl)NC2=O)c2cc(F)ccc21. The fourth-order valence-electron chi connectivity index (χ4n) is 2.80. The maximum atomic E-state index is 13.7. The first-order chi connectivity index (χ1) is 12.5. The third kappa shape index (κ3) is 2.69. The molecule has 130 valence electrons. The first kappa shape index (κ1) is 16.8. The van der Waals surface area contributed by atoms with E-state index in [2.05, 4.69) is 10.3 Å². The minimum atomic E-state index is -0.474. The van der Waals surface area contributed by atoms with Gasteiger partial charge in [0.05, 0.1) is 26.9 Å². The largest absolute Gasteiger partial charge is 0.311 e. The molecule has 0 unspecified atom stereocenters. The molecule has 5 nitrogen and oxygen atoms in total.